The number of esters is 1. The third kappa shape index (κ3) is 3.37. The minimum absolute atomic E-state index is 0.00338. The first-order chi connectivity index (χ1) is 8.28. The van der Waals surface area contributed by atoms with Crippen molar-refractivity contribution >= 4 is 5.97 Å². The van der Waals surface area contributed by atoms with Crippen molar-refractivity contribution in [2.45, 2.75) is 44.8 Å². The lowest BCUT2D eigenvalue weighted by molar-refractivity contribution is -0.524. The fraction of sp³-hybridized carbons (Fsp3) is 0.900. The van der Waals surface area contributed by atoms with Gasteiger partial charge in [0.25, 0.3) is 0 Å². The molecule has 1 rings (SSSR count). The van der Waals surface area contributed by atoms with Crippen LogP contribution in [0.4, 0.5) is 0 Å². The average Bonchev–Trinajstić information content (AvgIpc) is 2.58. The molecule has 0 spiro atoms. The zero-order valence-corrected chi connectivity index (χ0v) is 10.5. The molecule has 3 atom stereocenters. The second-order valence-electron chi connectivity index (χ2n) is 4.34. The molecule has 0 aromatic heterocycles. The monoisotopic (exact) mass is 263 g/mol. The number of rotatable bonds is 5. The Hall–Kier alpha value is -1.25. The lowest BCUT2D eigenvalue weighted by atomic mass is 10.1. The molecule has 0 radical (unpaired) electrons. The van der Waals surface area contributed by atoms with E-state index in [4.69, 9.17) is 9.47 Å². The van der Waals surface area contributed by atoms with Crippen LogP contribution in [0.3, 0.4) is 0 Å². The summed E-state index contributed by atoms with van der Waals surface area (Å²) < 4.78 is 15.0. The summed E-state index contributed by atoms with van der Waals surface area (Å²) in [5.74, 6) is -2.01. The molecule has 8 nitrogen and oxygen atoms in total. The topological polar surface area (TPSA) is 108 Å². The summed E-state index contributed by atoms with van der Waals surface area (Å²) in [6.07, 6.45) is -2.54. The van der Waals surface area contributed by atoms with Crippen LogP contribution in [0.5, 0.6) is 0 Å². The van der Waals surface area contributed by atoms with E-state index in [1.165, 1.54) is 6.92 Å². The minimum Gasteiger partial charge on any atom is -0.461 e. The SMILES string of the molecule is CCOC(=O)[C@@H]([C@H](O)[C@H]1COC(C)(C)O1)[N+](=O)[O-]. The van der Waals surface area contributed by atoms with Gasteiger partial charge in [0.2, 0.25) is 0 Å². The Kier molecular flexibility index (Phi) is 4.60. The third-order valence-corrected chi connectivity index (χ3v) is 2.49. The number of hydrogen-bond acceptors (Lipinski definition) is 7. The molecule has 0 aliphatic carbocycles. The molecule has 1 fully saturated rings. The van der Waals surface area contributed by atoms with E-state index in [-0.39, 0.29) is 13.2 Å². The van der Waals surface area contributed by atoms with Crippen LogP contribution in [0.1, 0.15) is 20.8 Å². The minimum atomic E-state index is -1.87. The molecule has 0 aromatic carbocycles. The average molecular weight is 263 g/mol. The van der Waals surface area contributed by atoms with Crippen LogP contribution >= 0.6 is 0 Å². The lowest BCUT2D eigenvalue weighted by Gasteiger charge is -2.21. The number of aliphatic hydroxyl groups is 1. The molecule has 104 valence electrons. The molecule has 1 saturated heterocycles. The van der Waals surface area contributed by atoms with E-state index in [0.29, 0.717) is 0 Å². The van der Waals surface area contributed by atoms with E-state index in [2.05, 4.69) is 4.74 Å². The first-order valence-electron chi connectivity index (χ1n) is 5.58. The zero-order valence-electron chi connectivity index (χ0n) is 10.5. The van der Waals surface area contributed by atoms with Gasteiger partial charge in [-0.05, 0) is 20.8 Å². The Bertz CT molecular complexity index is 330. The van der Waals surface area contributed by atoms with E-state index >= 15 is 0 Å². The molecular formula is C10H17NO7. The molecule has 1 aliphatic heterocycles. The standard InChI is InChI=1S/C10H17NO7/c1-4-16-9(13)7(11(14)15)8(12)6-5-17-10(2,3)18-6/h6-8,12H,4-5H2,1-3H3/t6-,7-,8-/m1/s1. The highest BCUT2D eigenvalue weighted by atomic mass is 16.7. The van der Waals surface area contributed by atoms with Crippen LogP contribution < -0.4 is 0 Å². The number of carbonyl (C=O) groups excluding carboxylic acids is 1. The van der Waals surface area contributed by atoms with Crippen molar-refractivity contribution in [3.8, 4) is 0 Å². The molecule has 1 aliphatic rings. The van der Waals surface area contributed by atoms with Gasteiger partial charge in [0.15, 0.2) is 11.9 Å². The quantitative estimate of drug-likeness (QED) is 0.412. The summed E-state index contributed by atoms with van der Waals surface area (Å²) in [5.41, 5.74) is 0. The van der Waals surface area contributed by atoms with E-state index in [1.54, 1.807) is 13.8 Å². The number of nitro groups is 1. The summed E-state index contributed by atoms with van der Waals surface area (Å²) in [7, 11) is 0. The lowest BCUT2D eigenvalue weighted by Crippen LogP contribution is -2.49. The zero-order chi connectivity index (χ0) is 13.9. The number of hydrogen-bond donors (Lipinski definition) is 1. The Labute approximate surface area is 104 Å². The van der Waals surface area contributed by atoms with Crippen LogP contribution in [0.15, 0.2) is 0 Å². The van der Waals surface area contributed by atoms with Gasteiger partial charge >= 0.3 is 12.0 Å². The summed E-state index contributed by atoms with van der Waals surface area (Å²) in [4.78, 5) is 21.4. The maximum atomic E-state index is 11.4. The van der Waals surface area contributed by atoms with Crippen LogP contribution in [0.2, 0.25) is 0 Å². The smallest absolute Gasteiger partial charge is 0.384 e. The maximum absolute atomic E-state index is 11.4. The number of nitrogens with zero attached hydrogens (tertiary/aromatic N) is 1. The molecule has 18 heavy (non-hydrogen) atoms. The van der Waals surface area contributed by atoms with E-state index in [9.17, 15) is 20.0 Å². The predicted octanol–water partition coefficient (Wildman–Crippen LogP) is -0.293. The van der Waals surface area contributed by atoms with Crippen molar-refractivity contribution in [1.82, 2.24) is 0 Å². The highest BCUT2D eigenvalue weighted by molar-refractivity contribution is 5.75. The van der Waals surface area contributed by atoms with Crippen molar-refractivity contribution < 1.29 is 29.0 Å². The fourth-order valence-corrected chi connectivity index (χ4v) is 1.66. The summed E-state index contributed by atoms with van der Waals surface area (Å²) >= 11 is 0. The van der Waals surface area contributed by atoms with E-state index < -0.39 is 34.9 Å². The summed E-state index contributed by atoms with van der Waals surface area (Å²) in [6.45, 7) is 4.75. The molecule has 1 heterocycles. The molecule has 0 unspecified atom stereocenters. The highest BCUT2D eigenvalue weighted by Gasteiger charge is 2.48. The highest BCUT2D eigenvalue weighted by Crippen LogP contribution is 2.25. The molecule has 0 bridgehead atoms. The van der Waals surface area contributed by atoms with Crippen LogP contribution in [-0.2, 0) is 19.0 Å². The summed E-state index contributed by atoms with van der Waals surface area (Å²) in [6, 6.07) is -1.87. The Balaban J connectivity index is 2.75. The normalized spacial score (nSPS) is 25.4. The van der Waals surface area contributed by atoms with Gasteiger partial charge in [0.05, 0.1) is 13.2 Å². The number of carbonyl (C=O) groups is 1. The fourth-order valence-electron chi connectivity index (χ4n) is 1.66. The summed E-state index contributed by atoms with van der Waals surface area (Å²) in [5, 5.41) is 20.7. The van der Waals surface area contributed by atoms with E-state index in [1.807, 2.05) is 0 Å². The van der Waals surface area contributed by atoms with Gasteiger partial charge < -0.3 is 19.3 Å². The van der Waals surface area contributed by atoms with Gasteiger partial charge in [-0.2, -0.15) is 0 Å². The first kappa shape index (κ1) is 14.8. The van der Waals surface area contributed by atoms with Gasteiger partial charge in [-0.1, -0.05) is 0 Å². The van der Waals surface area contributed by atoms with Crippen molar-refractivity contribution in [3.05, 3.63) is 10.1 Å². The Morgan fingerprint density at radius 1 is 1.67 bits per heavy atom. The van der Waals surface area contributed by atoms with Crippen molar-refractivity contribution in [3.63, 3.8) is 0 Å². The van der Waals surface area contributed by atoms with Crippen LogP contribution in [0, 0.1) is 10.1 Å². The Morgan fingerprint density at radius 3 is 2.67 bits per heavy atom. The van der Waals surface area contributed by atoms with Crippen molar-refractivity contribution in [2.75, 3.05) is 13.2 Å². The Morgan fingerprint density at radius 2 is 2.28 bits per heavy atom. The molecule has 0 saturated carbocycles. The third-order valence-electron chi connectivity index (χ3n) is 2.49. The maximum Gasteiger partial charge on any atom is 0.384 e. The number of ether oxygens (including phenoxy) is 3. The second-order valence-corrected chi connectivity index (χ2v) is 4.34. The van der Waals surface area contributed by atoms with E-state index in [0.717, 1.165) is 0 Å². The second kappa shape index (κ2) is 5.59. The molecule has 0 amide bonds. The molecule has 1 N–H and O–H groups in total. The van der Waals surface area contributed by atoms with Gasteiger partial charge in [-0.15, -0.1) is 0 Å². The van der Waals surface area contributed by atoms with Crippen LogP contribution in [0.25, 0.3) is 0 Å². The molecular weight excluding hydrogens is 246 g/mol. The molecule has 0 aromatic rings. The van der Waals surface area contributed by atoms with Crippen molar-refractivity contribution in [2.24, 2.45) is 0 Å². The van der Waals surface area contributed by atoms with Gasteiger partial charge in [0, 0.05) is 4.92 Å². The largest absolute Gasteiger partial charge is 0.461 e. The first-order valence-corrected chi connectivity index (χ1v) is 5.58. The van der Waals surface area contributed by atoms with Gasteiger partial charge in [0.1, 0.15) is 6.10 Å². The molecule has 8 heteroatoms. The van der Waals surface area contributed by atoms with Gasteiger partial charge in [-0.3, -0.25) is 10.1 Å². The van der Waals surface area contributed by atoms with Crippen molar-refractivity contribution in [1.29, 1.82) is 0 Å². The number of aliphatic hydroxyl groups excluding tert-OH is 1. The van der Waals surface area contributed by atoms with Crippen LogP contribution in [-0.4, -0.2) is 53.2 Å². The van der Waals surface area contributed by atoms with Gasteiger partial charge in [-0.25, -0.2) is 4.79 Å². The predicted molar refractivity (Wildman–Crippen MR) is 58.3 cm³/mol.